The van der Waals surface area contributed by atoms with Crippen molar-refractivity contribution in [2.24, 2.45) is 16.3 Å². The van der Waals surface area contributed by atoms with Crippen molar-refractivity contribution >= 4 is 21.7 Å². The number of H-pyrrole nitrogens is 1. The molecule has 2 N–H and O–H groups in total. The highest BCUT2D eigenvalue weighted by atomic mass is 32.2. The summed E-state index contributed by atoms with van der Waals surface area (Å²) in [5, 5.41) is 3.23. The Hall–Kier alpha value is -1.58. The van der Waals surface area contributed by atoms with Crippen molar-refractivity contribution in [3.63, 3.8) is 0 Å². The molecule has 0 amide bonds. The normalized spacial score (nSPS) is 29.2. The predicted octanol–water partition coefficient (Wildman–Crippen LogP) is 1.30. The van der Waals surface area contributed by atoms with Crippen LogP contribution < -0.4 is 5.32 Å². The summed E-state index contributed by atoms with van der Waals surface area (Å²) < 4.78 is 33.0. The number of aromatic nitrogens is 1. The molecule has 28 heavy (non-hydrogen) atoms. The Bertz CT molecular complexity index is 870. The highest BCUT2D eigenvalue weighted by Crippen LogP contribution is 2.39. The lowest BCUT2D eigenvalue weighted by atomic mass is 9.79. The second kappa shape index (κ2) is 6.74. The molecule has 3 fully saturated rings. The lowest BCUT2D eigenvalue weighted by molar-refractivity contribution is -0.133. The second-order valence-electron chi connectivity index (χ2n) is 8.89. The van der Waals surface area contributed by atoms with Gasteiger partial charge in [-0.3, -0.25) is 0 Å². The van der Waals surface area contributed by atoms with Crippen molar-refractivity contribution in [1.82, 2.24) is 14.2 Å². The molecule has 1 aromatic rings. The molecular weight excluding hydrogens is 378 g/mol. The average Bonchev–Trinajstić information content (AvgIpc) is 3.11. The molecule has 0 radical (unpaired) electrons. The van der Waals surface area contributed by atoms with E-state index in [1.165, 1.54) is 0 Å². The van der Waals surface area contributed by atoms with E-state index in [1.54, 1.807) is 4.31 Å². The summed E-state index contributed by atoms with van der Waals surface area (Å²) in [5.41, 5.74) is 1.18. The number of fused-ring (bicyclic) bond motifs is 1. The molecule has 154 valence electrons. The van der Waals surface area contributed by atoms with Gasteiger partial charge in [-0.05, 0) is 37.7 Å². The summed E-state index contributed by atoms with van der Waals surface area (Å²) >= 11 is 0. The van der Waals surface area contributed by atoms with Gasteiger partial charge in [-0.1, -0.05) is 0 Å². The van der Waals surface area contributed by atoms with E-state index in [2.05, 4.69) is 27.2 Å². The Labute approximate surface area is 166 Å². The van der Waals surface area contributed by atoms with E-state index in [4.69, 9.17) is 4.74 Å². The molecule has 0 unspecified atom stereocenters. The number of amidine groups is 1. The van der Waals surface area contributed by atoms with Crippen LogP contribution in [0.3, 0.4) is 0 Å². The topological polar surface area (TPSA) is 90.0 Å². The molecule has 0 atom stereocenters. The molecule has 0 bridgehead atoms. The van der Waals surface area contributed by atoms with Crippen LogP contribution in [0.25, 0.3) is 0 Å². The molecule has 4 heterocycles. The van der Waals surface area contributed by atoms with E-state index in [1.807, 2.05) is 12.3 Å². The fourth-order valence-electron chi connectivity index (χ4n) is 5.04. The zero-order chi connectivity index (χ0) is 19.4. The van der Waals surface area contributed by atoms with Gasteiger partial charge in [-0.25, -0.2) is 17.7 Å². The second-order valence-corrected chi connectivity index (χ2v) is 10.9. The summed E-state index contributed by atoms with van der Waals surface area (Å²) in [5.74, 6) is 2.51. The zero-order valence-electron chi connectivity index (χ0n) is 16.4. The van der Waals surface area contributed by atoms with Crippen LogP contribution in [-0.4, -0.2) is 80.3 Å². The van der Waals surface area contributed by atoms with Crippen LogP contribution in [0.1, 0.15) is 31.2 Å². The first kappa shape index (κ1) is 18.4. The van der Waals surface area contributed by atoms with Crippen LogP contribution in [0.2, 0.25) is 0 Å². The number of rotatable bonds is 4. The summed E-state index contributed by atoms with van der Waals surface area (Å²) in [6.07, 6.45) is 5.77. The molecule has 4 aliphatic rings. The molecule has 1 saturated carbocycles. The number of aliphatic imine (C=N–C) groups is 1. The van der Waals surface area contributed by atoms with Crippen LogP contribution in [0.4, 0.5) is 5.82 Å². The van der Waals surface area contributed by atoms with E-state index in [-0.39, 0.29) is 17.1 Å². The van der Waals surface area contributed by atoms with Gasteiger partial charge >= 0.3 is 0 Å². The van der Waals surface area contributed by atoms with Crippen LogP contribution in [0, 0.1) is 11.3 Å². The first-order valence-electron chi connectivity index (χ1n) is 10.2. The van der Waals surface area contributed by atoms with Crippen LogP contribution in [0.5, 0.6) is 0 Å². The summed E-state index contributed by atoms with van der Waals surface area (Å²) in [6.45, 7) is 3.31. The Morgan fingerprint density at radius 3 is 2.96 bits per heavy atom. The van der Waals surface area contributed by atoms with E-state index in [0.29, 0.717) is 39.0 Å². The average molecular weight is 408 g/mol. The largest absolute Gasteiger partial charge is 0.380 e. The molecule has 2 saturated heterocycles. The number of ether oxygens (including phenoxy) is 1. The Morgan fingerprint density at radius 1 is 1.39 bits per heavy atom. The van der Waals surface area contributed by atoms with Crippen molar-refractivity contribution < 1.29 is 13.2 Å². The number of sulfonamides is 1. The quantitative estimate of drug-likeness (QED) is 0.785. The summed E-state index contributed by atoms with van der Waals surface area (Å²) in [7, 11) is -1.12. The fourth-order valence-corrected chi connectivity index (χ4v) is 6.99. The number of hydrogen-bond acceptors (Lipinski definition) is 6. The Balaban J connectivity index is 1.18. The monoisotopic (exact) mass is 407 g/mol. The van der Waals surface area contributed by atoms with Gasteiger partial charge in [0.25, 0.3) is 0 Å². The van der Waals surface area contributed by atoms with Crippen molar-refractivity contribution in [3.05, 3.63) is 17.8 Å². The van der Waals surface area contributed by atoms with Gasteiger partial charge in [0, 0.05) is 37.8 Å². The number of aromatic amines is 1. The highest BCUT2D eigenvalue weighted by Gasteiger charge is 2.46. The van der Waals surface area contributed by atoms with Crippen LogP contribution in [-0.2, 0) is 14.8 Å². The first-order valence-corrected chi connectivity index (χ1v) is 11.8. The summed E-state index contributed by atoms with van der Waals surface area (Å²) in [6, 6.07) is 2.39. The van der Waals surface area contributed by atoms with Crippen molar-refractivity contribution in [3.8, 4) is 0 Å². The standard InChI is InChI=1S/C19H29N5O3S/c1-23(18-16-3-5-20-17(16)21-13-22-18)15-7-14(8-15)9-28(25,26)24-6-2-4-19(10-24)11-27-12-19/h3,5,14-15,20-21H,2,4,6-13H2,1H3. The maximum absolute atomic E-state index is 13.0. The maximum atomic E-state index is 13.0. The van der Waals surface area contributed by atoms with E-state index < -0.39 is 10.0 Å². The number of anilines is 1. The third kappa shape index (κ3) is 3.13. The number of hydrogen-bond donors (Lipinski definition) is 2. The minimum absolute atomic E-state index is 0.0924. The van der Waals surface area contributed by atoms with Gasteiger partial charge in [0.1, 0.15) is 18.3 Å². The molecule has 1 spiro atoms. The fraction of sp³-hybridized carbons (Fsp3) is 0.737. The molecule has 8 nitrogen and oxygen atoms in total. The zero-order valence-corrected chi connectivity index (χ0v) is 17.2. The molecule has 9 heteroatoms. The van der Waals surface area contributed by atoms with Gasteiger partial charge in [0.15, 0.2) is 0 Å². The van der Waals surface area contributed by atoms with Crippen LogP contribution >= 0.6 is 0 Å². The first-order chi connectivity index (χ1) is 13.5. The lowest BCUT2D eigenvalue weighted by Crippen LogP contribution is -2.56. The molecule has 0 aromatic carbocycles. The van der Waals surface area contributed by atoms with E-state index in [9.17, 15) is 8.42 Å². The third-order valence-electron chi connectivity index (χ3n) is 6.85. The van der Waals surface area contributed by atoms with Gasteiger partial charge in [-0.15, -0.1) is 0 Å². The SMILES string of the molecule is CN(C1=NCNc2[nH]ccc21)C1CC(CS(=O)(=O)N2CCCC3(COC3)C2)C1. The lowest BCUT2D eigenvalue weighted by Gasteiger charge is -2.48. The maximum Gasteiger partial charge on any atom is 0.214 e. The minimum atomic E-state index is -3.19. The molecular formula is C19H29N5O3S. The van der Waals surface area contributed by atoms with Gasteiger partial charge in [0.2, 0.25) is 10.0 Å². The molecule has 3 aliphatic heterocycles. The Kier molecular flexibility index (Phi) is 4.44. The molecule has 5 rings (SSSR count). The minimum Gasteiger partial charge on any atom is -0.380 e. The van der Waals surface area contributed by atoms with Gasteiger partial charge in [0.05, 0.1) is 24.5 Å². The third-order valence-corrected chi connectivity index (χ3v) is 8.84. The van der Waals surface area contributed by atoms with Crippen molar-refractivity contribution in [2.75, 3.05) is 51.1 Å². The summed E-state index contributed by atoms with van der Waals surface area (Å²) in [4.78, 5) is 10.0. The Morgan fingerprint density at radius 2 is 2.21 bits per heavy atom. The van der Waals surface area contributed by atoms with Crippen LogP contribution in [0.15, 0.2) is 17.3 Å². The van der Waals surface area contributed by atoms with Gasteiger partial charge < -0.3 is 19.9 Å². The van der Waals surface area contributed by atoms with Gasteiger partial charge in [-0.2, -0.15) is 0 Å². The molecule has 1 aromatic heterocycles. The predicted molar refractivity (Wildman–Crippen MR) is 108 cm³/mol. The van der Waals surface area contributed by atoms with E-state index in [0.717, 1.165) is 42.9 Å². The van der Waals surface area contributed by atoms with Crippen molar-refractivity contribution in [2.45, 2.75) is 31.7 Å². The van der Waals surface area contributed by atoms with E-state index >= 15 is 0 Å². The number of nitrogens with one attached hydrogen (secondary N) is 2. The molecule has 1 aliphatic carbocycles. The highest BCUT2D eigenvalue weighted by molar-refractivity contribution is 7.89. The number of piperidine rings is 1. The smallest absolute Gasteiger partial charge is 0.214 e. The number of nitrogens with zero attached hydrogens (tertiary/aromatic N) is 3. The van der Waals surface area contributed by atoms with Crippen molar-refractivity contribution in [1.29, 1.82) is 0 Å².